The fraction of sp³-hybridized carbons (Fsp3) is 0.571. The summed E-state index contributed by atoms with van der Waals surface area (Å²) < 4.78 is 10.9. The van der Waals surface area contributed by atoms with E-state index in [9.17, 15) is 0 Å². The number of hydrogen-bond donors (Lipinski definition) is 1. The van der Waals surface area contributed by atoms with Crippen LogP contribution >= 0.6 is 11.6 Å². The molecule has 3 nitrogen and oxygen atoms in total. The van der Waals surface area contributed by atoms with Crippen molar-refractivity contribution < 1.29 is 9.47 Å². The molecule has 0 fully saturated rings. The second-order valence-electron chi connectivity index (χ2n) is 5.03. The van der Waals surface area contributed by atoms with Gasteiger partial charge in [0, 0.05) is 18.2 Å². The zero-order valence-corrected chi connectivity index (χ0v) is 12.0. The van der Waals surface area contributed by atoms with Gasteiger partial charge in [-0.15, -0.1) is 0 Å². The number of benzene rings is 1. The summed E-state index contributed by atoms with van der Waals surface area (Å²) in [6.45, 7) is 4.59. The average molecular weight is 272 g/mol. The summed E-state index contributed by atoms with van der Waals surface area (Å²) in [5, 5.41) is 0.668. The average Bonchev–Trinajstić information content (AvgIpc) is 2.34. The first-order chi connectivity index (χ1) is 8.43. The molecule has 0 spiro atoms. The lowest BCUT2D eigenvalue weighted by Gasteiger charge is -2.24. The minimum atomic E-state index is -0.131. The van der Waals surface area contributed by atoms with Gasteiger partial charge < -0.3 is 15.2 Å². The van der Waals surface area contributed by atoms with Crippen molar-refractivity contribution in [3.63, 3.8) is 0 Å². The number of rotatable bonds is 7. The lowest BCUT2D eigenvalue weighted by molar-refractivity contribution is 0.0116. The highest BCUT2D eigenvalue weighted by atomic mass is 35.5. The molecule has 1 aromatic carbocycles. The van der Waals surface area contributed by atoms with Crippen LogP contribution in [0.5, 0.6) is 5.75 Å². The molecule has 2 N–H and O–H groups in total. The van der Waals surface area contributed by atoms with Gasteiger partial charge in [0.15, 0.2) is 0 Å². The Hall–Kier alpha value is -0.770. The fourth-order valence-electron chi connectivity index (χ4n) is 1.48. The predicted octanol–water partition coefficient (Wildman–Crippen LogP) is 3.25. The van der Waals surface area contributed by atoms with Gasteiger partial charge in [-0.2, -0.15) is 0 Å². The van der Waals surface area contributed by atoms with Gasteiger partial charge >= 0.3 is 0 Å². The van der Waals surface area contributed by atoms with Crippen molar-refractivity contribution >= 4 is 11.6 Å². The van der Waals surface area contributed by atoms with Gasteiger partial charge in [-0.1, -0.05) is 17.7 Å². The molecule has 0 saturated heterocycles. The van der Waals surface area contributed by atoms with Crippen LogP contribution in [0.2, 0.25) is 5.02 Å². The summed E-state index contributed by atoms with van der Waals surface area (Å²) in [4.78, 5) is 0. The maximum absolute atomic E-state index is 6.01. The molecule has 102 valence electrons. The standard InChI is InChI=1S/C14H22ClNO2/c1-14(2,17-3)8-7-12(16)10-18-13-6-4-5-11(15)9-13/h4-6,9,12H,7-8,10,16H2,1-3H3. The SMILES string of the molecule is COC(C)(C)CCC(N)COc1cccc(Cl)c1. The maximum atomic E-state index is 6.01. The largest absolute Gasteiger partial charge is 0.492 e. The molecule has 0 bridgehead atoms. The minimum absolute atomic E-state index is 0.00148. The molecule has 0 aliphatic heterocycles. The quantitative estimate of drug-likeness (QED) is 0.828. The van der Waals surface area contributed by atoms with Crippen molar-refractivity contribution in [3.05, 3.63) is 29.3 Å². The van der Waals surface area contributed by atoms with Crippen molar-refractivity contribution in [2.24, 2.45) is 5.73 Å². The van der Waals surface area contributed by atoms with Crippen LogP contribution in [-0.2, 0) is 4.74 Å². The molecule has 4 heteroatoms. The smallest absolute Gasteiger partial charge is 0.120 e. The third kappa shape index (κ3) is 5.71. The maximum Gasteiger partial charge on any atom is 0.120 e. The monoisotopic (exact) mass is 271 g/mol. The zero-order valence-electron chi connectivity index (χ0n) is 11.3. The van der Waals surface area contributed by atoms with Gasteiger partial charge in [0.1, 0.15) is 12.4 Å². The number of nitrogens with two attached hydrogens (primary N) is 1. The van der Waals surface area contributed by atoms with E-state index in [-0.39, 0.29) is 11.6 Å². The van der Waals surface area contributed by atoms with E-state index in [0.717, 1.165) is 18.6 Å². The summed E-state index contributed by atoms with van der Waals surface area (Å²) in [5.41, 5.74) is 5.88. The van der Waals surface area contributed by atoms with E-state index >= 15 is 0 Å². The Morgan fingerprint density at radius 2 is 2.11 bits per heavy atom. The normalized spacial score (nSPS) is 13.4. The Labute approximate surface area is 114 Å². The summed E-state index contributed by atoms with van der Waals surface area (Å²) in [5.74, 6) is 0.754. The van der Waals surface area contributed by atoms with Crippen molar-refractivity contribution in [1.82, 2.24) is 0 Å². The van der Waals surface area contributed by atoms with Crippen LogP contribution in [0, 0.1) is 0 Å². The van der Waals surface area contributed by atoms with Gasteiger partial charge in [-0.3, -0.25) is 0 Å². The molecule has 0 aromatic heterocycles. The Balaban J connectivity index is 2.31. The van der Waals surface area contributed by atoms with E-state index in [2.05, 4.69) is 13.8 Å². The molecule has 18 heavy (non-hydrogen) atoms. The Kier molecular flexibility index (Phi) is 5.93. The van der Waals surface area contributed by atoms with Crippen LogP contribution in [0.4, 0.5) is 0 Å². The number of methoxy groups -OCH3 is 1. The van der Waals surface area contributed by atoms with Gasteiger partial charge in [-0.25, -0.2) is 0 Å². The molecule has 0 saturated carbocycles. The van der Waals surface area contributed by atoms with Gasteiger partial charge in [0.25, 0.3) is 0 Å². The van der Waals surface area contributed by atoms with Gasteiger partial charge in [0.05, 0.1) is 5.60 Å². The van der Waals surface area contributed by atoms with Crippen molar-refractivity contribution in [2.45, 2.75) is 38.3 Å². The van der Waals surface area contributed by atoms with Gasteiger partial charge in [0.2, 0.25) is 0 Å². The van der Waals surface area contributed by atoms with Crippen molar-refractivity contribution in [3.8, 4) is 5.75 Å². The Morgan fingerprint density at radius 3 is 2.72 bits per heavy atom. The molecule has 1 atom stereocenters. The van der Waals surface area contributed by atoms with Gasteiger partial charge in [-0.05, 0) is 44.9 Å². The van der Waals surface area contributed by atoms with Crippen molar-refractivity contribution in [2.75, 3.05) is 13.7 Å². The Bertz CT molecular complexity index is 369. The molecule has 0 aliphatic rings. The summed E-state index contributed by atoms with van der Waals surface area (Å²) in [6.07, 6.45) is 1.77. The summed E-state index contributed by atoms with van der Waals surface area (Å²) in [7, 11) is 1.72. The topological polar surface area (TPSA) is 44.5 Å². The lowest BCUT2D eigenvalue weighted by Crippen LogP contribution is -2.32. The molecule has 0 amide bonds. The highest BCUT2D eigenvalue weighted by Gasteiger charge is 2.17. The first-order valence-electron chi connectivity index (χ1n) is 6.12. The highest BCUT2D eigenvalue weighted by molar-refractivity contribution is 6.30. The predicted molar refractivity (Wildman–Crippen MR) is 75.2 cm³/mol. The molecule has 0 aliphatic carbocycles. The number of hydrogen-bond acceptors (Lipinski definition) is 3. The third-order valence-corrected chi connectivity index (χ3v) is 3.17. The molecule has 1 aromatic rings. The molecule has 1 unspecified atom stereocenters. The van der Waals surface area contributed by atoms with Crippen molar-refractivity contribution in [1.29, 1.82) is 0 Å². The Morgan fingerprint density at radius 1 is 1.39 bits per heavy atom. The zero-order chi connectivity index (χ0) is 13.6. The van der Waals surface area contributed by atoms with Crippen LogP contribution in [-0.4, -0.2) is 25.4 Å². The minimum Gasteiger partial charge on any atom is -0.492 e. The van der Waals surface area contributed by atoms with Crippen LogP contribution < -0.4 is 10.5 Å². The lowest BCUT2D eigenvalue weighted by atomic mass is 9.99. The number of halogens is 1. The highest BCUT2D eigenvalue weighted by Crippen LogP contribution is 2.19. The van der Waals surface area contributed by atoms with Crippen LogP contribution in [0.1, 0.15) is 26.7 Å². The van der Waals surface area contributed by atoms with Crippen LogP contribution in [0.15, 0.2) is 24.3 Å². The van der Waals surface area contributed by atoms with E-state index < -0.39 is 0 Å². The van der Waals surface area contributed by atoms with E-state index in [0.29, 0.717) is 11.6 Å². The first kappa shape index (κ1) is 15.3. The summed E-state index contributed by atoms with van der Waals surface area (Å²) >= 11 is 5.87. The molecular formula is C14H22ClNO2. The van der Waals surface area contributed by atoms with E-state index in [4.69, 9.17) is 26.8 Å². The molecular weight excluding hydrogens is 250 g/mol. The second-order valence-corrected chi connectivity index (χ2v) is 5.47. The molecule has 0 radical (unpaired) electrons. The van der Waals surface area contributed by atoms with Crippen LogP contribution in [0.3, 0.4) is 0 Å². The van der Waals surface area contributed by atoms with E-state index in [1.54, 1.807) is 13.2 Å². The summed E-state index contributed by atoms with van der Waals surface area (Å²) in [6, 6.07) is 7.33. The molecule has 1 rings (SSSR count). The fourth-order valence-corrected chi connectivity index (χ4v) is 1.66. The van der Waals surface area contributed by atoms with E-state index in [1.807, 2.05) is 18.2 Å². The van der Waals surface area contributed by atoms with Crippen LogP contribution in [0.25, 0.3) is 0 Å². The molecule has 0 heterocycles. The second kappa shape index (κ2) is 6.98. The number of ether oxygens (including phenoxy) is 2. The van der Waals surface area contributed by atoms with E-state index in [1.165, 1.54) is 0 Å². The first-order valence-corrected chi connectivity index (χ1v) is 6.50. The third-order valence-electron chi connectivity index (χ3n) is 2.93.